The molecule has 0 aromatic carbocycles. The molecule has 0 saturated carbocycles. The van der Waals surface area contributed by atoms with Crippen molar-refractivity contribution in [1.29, 1.82) is 0 Å². The molecule has 3 aromatic rings. The Labute approximate surface area is 104 Å². The summed E-state index contributed by atoms with van der Waals surface area (Å²) < 4.78 is 0. The number of aromatic nitrogens is 4. The summed E-state index contributed by atoms with van der Waals surface area (Å²) in [6, 6.07) is 0. The summed E-state index contributed by atoms with van der Waals surface area (Å²) in [5, 5.41) is 1.91. The monoisotopic (exact) mass is 263 g/mol. The lowest BCUT2D eigenvalue weighted by atomic mass is 10.3. The molecule has 0 saturated heterocycles. The Hall–Kier alpha value is -2.35. The van der Waals surface area contributed by atoms with Gasteiger partial charge in [-0.15, -0.1) is 11.3 Å². The van der Waals surface area contributed by atoms with Crippen LogP contribution in [0, 0.1) is 6.92 Å². The molecule has 0 aliphatic heterocycles. The topological polar surface area (TPSA) is 120 Å². The van der Waals surface area contributed by atoms with E-state index in [1.54, 1.807) is 0 Å². The molecule has 0 bridgehead atoms. The highest BCUT2D eigenvalue weighted by Crippen LogP contribution is 2.33. The lowest BCUT2D eigenvalue weighted by molar-refractivity contribution is 1.07. The van der Waals surface area contributed by atoms with Crippen molar-refractivity contribution in [1.82, 2.24) is 19.9 Å². The van der Waals surface area contributed by atoms with Crippen LogP contribution in [-0.2, 0) is 0 Å². The van der Waals surface area contributed by atoms with Crippen molar-refractivity contribution in [3.8, 4) is 10.7 Å². The number of nitrogens with one attached hydrogen (secondary N) is 3. The molecular weight excluding hydrogens is 254 g/mol. The second kappa shape index (κ2) is 3.57. The van der Waals surface area contributed by atoms with Crippen molar-refractivity contribution in [3.05, 3.63) is 31.8 Å². The van der Waals surface area contributed by atoms with Gasteiger partial charge >= 0.3 is 5.69 Å². The van der Waals surface area contributed by atoms with Gasteiger partial charge in [-0.05, 0) is 17.9 Å². The first kappa shape index (κ1) is 10.8. The predicted molar refractivity (Wildman–Crippen MR) is 69.8 cm³/mol. The van der Waals surface area contributed by atoms with Crippen LogP contribution in [0.1, 0.15) is 5.56 Å². The van der Waals surface area contributed by atoms with Crippen molar-refractivity contribution in [2.45, 2.75) is 6.92 Å². The van der Waals surface area contributed by atoms with Crippen molar-refractivity contribution >= 4 is 28.2 Å². The molecule has 0 radical (unpaired) electrons. The SMILES string of the molecule is Cc1csc(-c2nc3[nH]c(=O)[nH]c(=O)c3[nH]2)c1N. The average Bonchev–Trinajstić information content (AvgIpc) is 2.84. The van der Waals surface area contributed by atoms with E-state index in [0.29, 0.717) is 11.5 Å². The van der Waals surface area contributed by atoms with Gasteiger partial charge in [-0.2, -0.15) is 0 Å². The smallest absolute Gasteiger partial charge is 0.327 e. The highest BCUT2D eigenvalue weighted by Gasteiger charge is 2.14. The fourth-order valence-electron chi connectivity index (χ4n) is 1.68. The van der Waals surface area contributed by atoms with E-state index in [1.807, 2.05) is 12.3 Å². The Morgan fingerprint density at radius 1 is 1.28 bits per heavy atom. The summed E-state index contributed by atoms with van der Waals surface area (Å²) in [6.07, 6.45) is 0. The largest absolute Gasteiger partial charge is 0.397 e. The Bertz CT molecular complexity index is 853. The van der Waals surface area contributed by atoms with Crippen LogP contribution in [0.4, 0.5) is 5.69 Å². The maximum Gasteiger partial charge on any atom is 0.327 e. The standard InChI is InChI=1S/C10H9N5O2S/c1-3-2-18-6(4(3)11)8-12-5-7(13-8)14-10(17)15-9(5)16/h2H,11H2,1H3,(H3,12,13,14,15,16,17). The lowest BCUT2D eigenvalue weighted by Gasteiger charge is -1.94. The predicted octanol–water partition coefficient (Wildman–Crippen LogP) is 0.559. The Kier molecular flexibility index (Phi) is 2.14. The molecule has 0 aliphatic rings. The minimum Gasteiger partial charge on any atom is -0.397 e. The summed E-state index contributed by atoms with van der Waals surface area (Å²) in [5.74, 6) is 0.480. The van der Waals surface area contributed by atoms with Crippen LogP contribution >= 0.6 is 11.3 Å². The van der Waals surface area contributed by atoms with Crippen LogP contribution in [0.5, 0.6) is 0 Å². The maximum absolute atomic E-state index is 11.6. The second-order valence-corrected chi connectivity index (χ2v) is 4.76. The van der Waals surface area contributed by atoms with Crippen LogP contribution in [0.2, 0.25) is 0 Å². The van der Waals surface area contributed by atoms with E-state index in [9.17, 15) is 9.59 Å². The van der Waals surface area contributed by atoms with Gasteiger partial charge in [0.15, 0.2) is 11.5 Å². The van der Waals surface area contributed by atoms with Gasteiger partial charge in [-0.3, -0.25) is 14.8 Å². The maximum atomic E-state index is 11.6. The molecule has 7 nitrogen and oxygen atoms in total. The first-order valence-corrected chi connectivity index (χ1v) is 6.00. The van der Waals surface area contributed by atoms with Gasteiger partial charge in [0.05, 0.1) is 10.6 Å². The fourth-order valence-corrected chi connectivity index (χ4v) is 2.59. The van der Waals surface area contributed by atoms with Crippen molar-refractivity contribution in [3.63, 3.8) is 0 Å². The van der Waals surface area contributed by atoms with Gasteiger partial charge in [0.2, 0.25) is 0 Å². The molecule has 0 aliphatic carbocycles. The number of hydrogen-bond acceptors (Lipinski definition) is 5. The van der Waals surface area contributed by atoms with Crippen molar-refractivity contribution in [2.75, 3.05) is 5.73 Å². The van der Waals surface area contributed by atoms with Crippen LogP contribution in [-0.4, -0.2) is 19.9 Å². The zero-order valence-corrected chi connectivity index (χ0v) is 10.1. The number of fused-ring (bicyclic) bond motifs is 1. The van der Waals surface area contributed by atoms with E-state index in [1.165, 1.54) is 11.3 Å². The van der Waals surface area contributed by atoms with Gasteiger partial charge in [-0.1, -0.05) is 0 Å². The normalized spacial score (nSPS) is 11.2. The summed E-state index contributed by atoms with van der Waals surface area (Å²) in [7, 11) is 0. The molecule has 3 heterocycles. The molecule has 0 spiro atoms. The number of nitrogens with two attached hydrogens (primary N) is 1. The summed E-state index contributed by atoms with van der Waals surface area (Å²) in [5.41, 5.74) is 6.87. The molecule has 0 fully saturated rings. The quantitative estimate of drug-likeness (QED) is 0.512. The van der Waals surface area contributed by atoms with E-state index in [0.717, 1.165) is 10.4 Å². The van der Waals surface area contributed by atoms with E-state index < -0.39 is 11.2 Å². The molecule has 5 N–H and O–H groups in total. The Morgan fingerprint density at radius 2 is 2.06 bits per heavy atom. The van der Waals surface area contributed by atoms with E-state index in [4.69, 9.17) is 5.73 Å². The van der Waals surface area contributed by atoms with Crippen LogP contribution in [0.15, 0.2) is 15.0 Å². The zero-order valence-electron chi connectivity index (χ0n) is 9.33. The number of hydrogen-bond donors (Lipinski definition) is 4. The second-order valence-electron chi connectivity index (χ2n) is 3.88. The minimum absolute atomic E-state index is 0.226. The molecule has 92 valence electrons. The molecule has 0 amide bonds. The molecule has 0 atom stereocenters. The number of thiophene rings is 1. The summed E-state index contributed by atoms with van der Waals surface area (Å²) in [4.78, 5) is 35.1. The Morgan fingerprint density at radius 3 is 2.72 bits per heavy atom. The first-order chi connectivity index (χ1) is 8.56. The van der Waals surface area contributed by atoms with Gasteiger partial charge in [0.1, 0.15) is 5.52 Å². The molecule has 3 aromatic heterocycles. The van der Waals surface area contributed by atoms with Gasteiger partial charge in [0, 0.05) is 0 Å². The molecule has 8 heteroatoms. The van der Waals surface area contributed by atoms with Gasteiger partial charge in [0.25, 0.3) is 5.56 Å². The highest BCUT2D eigenvalue weighted by molar-refractivity contribution is 7.14. The van der Waals surface area contributed by atoms with Crippen molar-refractivity contribution < 1.29 is 0 Å². The van der Waals surface area contributed by atoms with Crippen LogP contribution in [0.25, 0.3) is 21.9 Å². The van der Waals surface area contributed by atoms with E-state index in [-0.39, 0.29) is 11.2 Å². The lowest BCUT2D eigenvalue weighted by Crippen LogP contribution is -2.21. The first-order valence-electron chi connectivity index (χ1n) is 5.12. The molecule has 3 rings (SSSR count). The summed E-state index contributed by atoms with van der Waals surface area (Å²) in [6.45, 7) is 1.90. The minimum atomic E-state index is -0.583. The van der Waals surface area contributed by atoms with E-state index in [2.05, 4.69) is 19.9 Å². The number of aromatic amines is 3. The van der Waals surface area contributed by atoms with Crippen molar-refractivity contribution in [2.24, 2.45) is 0 Å². The Balaban J connectivity index is 2.32. The number of anilines is 1. The van der Waals surface area contributed by atoms with Gasteiger partial charge in [-0.25, -0.2) is 9.78 Å². The van der Waals surface area contributed by atoms with E-state index >= 15 is 0 Å². The number of H-pyrrole nitrogens is 3. The number of imidazole rings is 1. The fraction of sp³-hybridized carbons (Fsp3) is 0.100. The number of nitrogens with zero attached hydrogens (tertiary/aromatic N) is 1. The third-order valence-electron chi connectivity index (χ3n) is 2.63. The van der Waals surface area contributed by atoms with Crippen LogP contribution in [0.3, 0.4) is 0 Å². The molecule has 0 unspecified atom stereocenters. The number of nitrogen functional groups attached to an aromatic ring is 1. The van der Waals surface area contributed by atoms with Crippen LogP contribution < -0.4 is 17.0 Å². The summed E-state index contributed by atoms with van der Waals surface area (Å²) >= 11 is 1.43. The number of rotatable bonds is 1. The average molecular weight is 263 g/mol. The highest BCUT2D eigenvalue weighted by atomic mass is 32.1. The zero-order chi connectivity index (χ0) is 12.9. The molecular formula is C10H9N5O2S. The van der Waals surface area contributed by atoms with Gasteiger partial charge < -0.3 is 10.7 Å². The number of aryl methyl sites for hydroxylation is 1. The molecule has 18 heavy (non-hydrogen) atoms. The third kappa shape index (κ3) is 1.46. The third-order valence-corrected chi connectivity index (χ3v) is 3.75.